The molecule has 4 rings (SSSR count). The summed E-state index contributed by atoms with van der Waals surface area (Å²) in [4.78, 5) is 21.5. The van der Waals surface area contributed by atoms with Gasteiger partial charge in [0.05, 0.1) is 36.9 Å². The van der Waals surface area contributed by atoms with E-state index in [1.165, 1.54) is 7.11 Å². The topological polar surface area (TPSA) is 106 Å². The van der Waals surface area contributed by atoms with Gasteiger partial charge in [0.1, 0.15) is 18.4 Å². The van der Waals surface area contributed by atoms with Gasteiger partial charge in [0, 0.05) is 11.3 Å². The van der Waals surface area contributed by atoms with Gasteiger partial charge in [-0.3, -0.25) is 0 Å². The molecule has 0 amide bonds. The highest BCUT2D eigenvalue weighted by Crippen LogP contribution is 2.30. The molecular weight excluding hydrogens is 456 g/mol. The maximum Gasteiger partial charge on any atom is 0.339 e. The van der Waals surface area contributed by atoms with Crippen molar-refractivity contribution in [3.8, 4) is 17.7 Å². The maximum atomic E-state index is 12.2. The molecule has 4 aromatic rings. The number of benzene rings is 3. The molecule has 0 fully saturated rings. The molecule has 0 unspecified atom stereocenters. The number of methoxy groups -OCH3 is 2. The minimum Gasteiger partial charge on any atom is -0.497 e. The zero-order valence-corrected chi connectivity index (χ0v) is 20.5. The van der Waals surface area contributed by atoms with Crippen LogP contribution in [0.3, 0.4) is 0 Å². The third-order valence-corrected chi connectivity index (χ3v) is 5.72. The van der Waals surface area contributed by atoms with E-state index in [2.05, 4.69) is 16.4 Å². The predicted octanol–water partition coefficient (Wildman–Crippen LogP) is 5.36. The number of aryl methyl sites for hydroxylation is 1. The first-order chi connectivity index (χ1) is 17.4. The molecule has 1 aromatic heterocycles. The Morgan fingerprint density at radius 1 is 1.08 bits per heavy atom. The highest BCUT2D eigenvalue weighted by Gasteiger charge is 2.19. The van der Waals surface area contributed by atoms with Crippen LogP contribution in [0.1, 0.15) is 45.7 Å². The van der Waals surface area contributed by atoms with E-state index >= 15 is 0 Å². The number of nitriles is 1. The minimum atomic E-state index is -0.424. The van der Waals surface area contributed by atoms with Gasteiger partial charge in [-0.05, 0) is 55.3 Å². The first-order valence-electron chi connectivity index (χ1n) is 11.4. The SMILES string of the molecule is COC(=O)c1ccccc1N[C@H](C)c1cc(C)cc2nc(C#N)c(OCc3ccc(OC)cc3)nc12. The lowest BCUT2D eigenvalue weighted by molar-refractivity contribution is 0.0602. The molecule has 0 aliphatic carbocycles. The summed E-state index contributed by atoms with van der Waals surface area (Å²) in [5, 5.41) is 13.1. The van der Waals surface area contributed by atoms with E-state index in [0.29, 0.717) is 22.3 Å². The summed E-state index contributed by atoms with van der Waals surface area (Å²) in [6.45, 7) is 4.15. The largest absolute Gasteiger partial charge is 0.497 e. The van der Waals surface area contributed by atoms with Crippen LogP contribution in [0.4, 0.5) is 5.69 Å². The fraction of sp³-hybridized carbons (Fsp3) is 0.214. The first kappa shape index (κ1) is 24.5. The molecule has 36 heavy (non-hydrogen) atoms. The molecule has 0 saturated carbocycles. The molecule has 1 heterocycles. The molecule has 0 spiro atoms. The normalized spacial score (nSPS) is 11.4. The van der Waals surface area contributed by atoms with Gasteiger partial charge in [0.2, 0.25) is 5.69 Å². The van der Waals surface area contributed by atoms with Gasteiger partial charge in [0.15, 0.2) is 0 Å². The monoisotopic (exact) mass is 482 g/mol. The number of hydrogen-bond acceptors (Lipinski definition) is 8. The molecule has 0 saturated heterocycles. The lowest BCUT2D eigenvalue weighted by Crippen LogP contribution is -2.13. The second-order valence-electron chi connectivity index (χ2n) is 8.25. The number of rotatable bonds is 8. The number of carbonyl (C=O) groups excluding carboxylic acids is 1. The van der Waals surface area contributed by atoms with Gasteiger partial charge >= 0.3 is 5.97 Å². The second-order valence-corrected chi connectivity index (χ2v) is 8.25. The third-order valence-electron chi connectivity index (χ3n) is 5.72. The van der Waals surface area contributed by atoms with E-state index in [-0.39, 0.29) is 24.2 Å². The van der Waals surface area contributed by atoms with Gasteiger partial charge in [-0.25, -0.2) is 14.8 Å². The Morgan fingerprint density at radius 2 is 1.83 bits per heavy atom. The summed E-state index contributed by atoms with van der Waals surface area (Å²) in [6.07, 6.45) is 0. The zero-order valence-electron chi connectivity index (χ0n) is 20.5. The summed E-state index contributed by atoms with van der Waals surface area (Å²) in [5.41, 5.74) is 5.13. The highest BCUT2D eigenvalue weighted by atomic mass is 16.5. The number of ether oxygens (including phenoxy) is 3. The van der Waals surface area contributed by atoms with Crippen LogP contribution in [0, 0.1) is 18.3 Å². The molecule has 1 atom stereocenters. The molecule has 0 radical (unpaired) electrons. The van der Waals surface area contributed by atoms with Gasteiger partial charge in [-0.2, -0.15) is 5.26 Å². The van der Waals surface area contributed by atoms with Gasteiger partial charge in [-0.15, -0.1) is 0 Å². The second kappa shape index (κ2) is 10.7. The van der Waals surface area contributed by atoms with E-state index in [1.807, 2.05) is 62.4 Å². The van der Waals surface area contributed by atoms with Crippen molar-refractivity contribution in [2.75, 3.05) is 19.5 Å². The molecule has 8 nitrogen and oxygen atoms in total. The van der Waals surface area contributed by atoms with Crippen LogP contribution in [0.2, 0.25) is 0 Å². The number of anilines is 1. The Hall–Kier alpha value is -4.64. The van der Waals surface area contributed by atoms with Crippen LogP contribution in [0.25, 0.3) is 11.0 Å². The minimum absolute atomic E-state index is 0.115. The number of nitrogens with zero attached hydrogens (tertiary/aromatic N) is 3. The maximum absolute atomic E-state index is 12.2. The number of esters is 1. The summed E-state index contributed by atoms with van der Waals surface area (Å²) in [7, 11) is 2.96. The van der Waals surface area contributed by atoms with Crippen molar-refractivity contribution in [2.45, 2.75) is 26.5 Å². The van der Waals surface area contributed by atoms with Gasteiger partial charge in [0.25, 0.3) is 5.88 Å². The number of hydrogen-bond donors (Lipinski definition) is 1. The number of aromatic nitrogens is 2. The summed E-state index contributed by atoms with van der Waals surface area (Å²) < 4.78 is 16.0. The van der Waals surface area contributed by atoms with Crippen LogP contribution < -0.4 is 14.8 Å². The van der Waals surface area contributed by atoms with Crippen LogP contribution >= 0.6 is 0 Å². The van der Waals surface area contributed by atoms with Crippen LogP contribution in [-0.2, 0) is 11.3 Å². The summed E-state index contributed by atoms with van der Waals surface area (Å²) in [5.74, 6) is 0.484. The van der Waals surface area contributed by atoms with Crippen molar-refractivity contribution in [3.05, 3.63) is 88.6 Å². The van der Waals surface area contributed by atoms with Crippen molar-refractivity contribution in [2.24, 2.45) is 0 Å². The molecule has 1 N–H and O–H groups in total. The Balaban J connectivity index is 1.69. The fourth-order valence-electron chi connectivity index (χ4n) is 3.90. The van der Waals surface area contributed by atoms with E-state index in [1.54, 1.807) is 19.2 Å². The Labute approximate surface area is 209 Å². The average molecular weight is 483 g/mol. The van der Waals surface area contributed by atoms with E-state index < -0.39 is 5.97 Å². The van der Waals surface area contributed by atoms with E-state index in [0.717, 1.165) is 22.4 Å². The fourth-order valence-corrected chi connectivity index (χ4v) is 3.90. The average Bonchev–Trinajstić information content (AvgIpc) is 2.91. The molecule has 0 aliphatic heterocycles. The number of carbonyl (C=O) groups is 1. The smallest absolute Gasteiger partial charge is 0.339 e. The summed E-state index contributed by atoms with van der Waals surface area (Å²) >= 11 is 0. The highest BCUT2D eigenvalue weighted by molar-refractivity contribution is 5.95. The van der Waals surface area contributed by atoms with E-state index in [9.17, 15) is 10.1 Å². The van der Waals surface area contributed by atoms with Crippen LogP contribution in [0.5, 0.6) is 11.6 Å². The van der Waals surface area contributed by atoms with Crippen LogP contribution in [0.15, 0.2) is 60.7 Å². The number of fused-ring (bicyclic) bond motifs is 1. The van der Waals surface area contributed by atoms with Crippen molar-refractivity contribution in [1.29, 1.82) is 5.26 Å². The Morgan fingerprint density at radius 3 is 2.53 bits per heavy atom. The van der Waals surface area contributed by atoms with E-state index in [4.69, 9.17) is 19.2 Å². The predicted molar refractivity (Wildman–Crippen MR) is 136 cm³/mol. The Bertz CT molecular complexity index is 1440. The quantitative estimate of drug-likeness (QED) is 0.335. The molecule has 8 heteroatoms. The van der Waals surface area contributed by atoms with Crippen LogP contribution in [-0.4, -0.2) is 30.2 Å². The van der Waals surface area contributed by atoms with Crippen molar-refractivity contribution in [3.63, 3.8) is 0 Å². The zero-order chi connectivity index (χ0) is 25.7. The Kier molecular flexibility index (Phi) is 7.31. The standard InChI is InChI=1S/C28H26N4O4/c1-17-13-22(18(2)30-23-8-6-5-7-21(23)28(33)35-4)26-24(14-17)31-25(15-29)27(32-26)36-16-19-9-11-20(34-3)12-10-19/h5-14,18,30H,16H2,1-4H3/t18-/m1/s1. The van der Waals surface area contributed by atoms with Crippen molar-refractivity contribution < 1.29 is 19.0 Å². The number of nitrogens with one attached hydrogen (secondary N) is 1. The molecular formula is C28H26N4O4. The summed E-state index contributed by atoms with van der Waals surface area (Å²) in [6, 6.07) is 20.4. The van der Waals surface area contributed by atoms with Crippen molar-refractivity contribution in [1.82, 2.24) is 9.97 Å². The number of para-hydroxylation sites is 1. The lowest BCUT2D eigenvalue weighted by atomic mass is 10.0. The lowest BCUT2D eigenvalue weighted by Gasteiger charge is -2.20. The first-order valence-corrected chi connectivity index (χ1v) is 11.4. The molecule has 3 aromatic carbocycles. The van der Waals surface area contributed by atoms with Crippen molar-refractivity contribution >= 4 is 22.7 Å². The van der Waals surface area contributed by atoms with Gasteiger partial charge < -0.3 is 19.5 Å². The third kappa shape index (κ3) is 5.20. The molecule has 182 valence electrons. The molecule has 0 aliphatic rings. The van der Waals surface area contributed by atoms with Gasteiger partial charge in [-0.1, -0.05) is 30.3 Å². The molecule has 0 bridgehead atoms.